The molecule has 0 spiro atoms. The second-order valence-electron chi connectivity index (χ2n) is 4.03. The number of aromatic nitrogens is 1. The maximum Gasteiger partial charge on any atom is 0.184 e. The fourth-order valence-corrected chi connectivity index (χ4v) is 2.45. The third kappa shape index (κ3) is 3.67. The van der Waals surface area contributed by atoms with Gasteiger partial charge < -0.3 is 14.0 Å². The van der Waals surface area contributed by atoms with Crippen LogP contribution in [0.2, 0.25) is 0 Å². The minimum Gasteiger partial charge on any atom is -0.497 e. The number of thioether (sulfide) groups is 1. The number of ether oxygens (including phenoxy) is 2. The maximum absolute atomic E-state index is 5.68. The van der Waals surface area contributed by atoms with Crippen LogP contribution in [0.3, 0.4) is 0 Å². The topological polar surface area (TPSA) is 44.5 Å². The van der Waals surface area contributed by atoms with Gasteiger partial charge in [-0.1, -0.05) is 11.2 Å². The molecule has 19 heavy (non-hydrogen) atoms. The van der Waals surface area contributed by atoms with Crippen molar-refractivity contribution in [1.82, 2.24) is 5.16 Å². The zero-order valence-electron chi connectivity index (χ0n) is 11.3. The van der Waals surface area contributed by atoms with Gasteiger partial charge in [0.1, 0.15) is 11.4 Å². The summed E-state index contributed by atoms with van der Waals surface area (Å²) in [5.74, 6) is 3.21. The van der Waals surface area contributed by atoms with Crippen LogP contribution in [-0.2, 0) is 0 Å². The minimum absolute atomic E-state index is 0.616. The number of rotatable bonds is 6. The van der Waals surface area contributed by atoms with Crippen LogP contribution >= 0.6 is 11.8 Å². The van der Waals surface area contributed by atoms with Crippen LogP contribution < -0.4 is 9.47 Å². The van der Waals surface area contributed by atoms with Gasteiger partial charge in [-0.15, -0.1) is 11.8 Å². The summed E-state index contributed by atoms with van der Waals surface area (Å²) in [4.78, 5) is 1.17. The van der Waals surface area contributed by atoms with E-state index in [2.05, 4.69) is 11.2 Å². The van der Waals surface area contributed by atoms with Gasteiger partial charge in [0.15, 0.2) is 11.5 Å². The predicted octanol–water partition coefficient (Wildman–Crippen LogP) is 3.47. The lowest BCUT2D eigenvalue weighted by Crippen LogP contribution is -2.01. The Kier molecular flexibility index (Phi) is 4.74. The first-order valence-electron chi connectivity index (χ1n) is 6.03. The molecule has 0 atom stereocenters. The van der Waals surface area contributed by atoms with E-state index in [1.54, 1.807) is 18.9 Å². The fraction of sp³-hybridized carbons (Fsp3) is 0.357. The summed E-state index contributed by atoms with van der Waals surface area (Å²) in [7, 11) is 1.67. The summed E-state index contributed by atoms with van der Waals surface area (Å²) in [5, 5.41) is 3.85. The van der Waals surface area contributed by atoms with Crippen molar-refractivity contribution in [2.45, 2.75) is 18.7 Å². The molecule has 0 aliphatic heterocycles. The summed E-state index contributed by atoms with van der Waals surface area (Å²) in [5.41, 5.74) is 0.795. The molecule has 1 aromatic carbocycles. The highest BCUT2D eigenvalue weighted by molar-refractivity contribution is 7.99. The largest absolute Gasteiger partial charge is 0.497 e. The predicted molar refractivity (Wildman–Crippen MR) is 75.2 cm³/mol. The van der Waals surface area contributed by atoms with Gasteiger partial charge in [-0.2, -0.15) is 0 Å². The van der Waals surface area contributed by atoms with Crippen molar-refractivity contribution in [2.24, 2.45) is 0 Å². The summed E-state index contributed by atoms with van der Waals surface area (Å²) < 4.78 is 15.9. The first kappa shape index (κ1) is 13.8. The van der Waals surface area contributed by atoms with E-state index in [4.69, 9.17) is 14.0 Å². The Balaban J connectivity index is 1.80. The van der Waals surface area contributed by atoms with Gasteiger partial charge in [-0.3, -0.25) is 0 Å². The van der Waals surface area contributed by atoms with E-state index in [-0.39, 0.29) is 0 Å². The van der Waals surface area contributed by atoms with E-state index in [0.717, 1.165) is 28.7 Å². The average molecular weight is 279 g/mol. The summed E-state index contributed by atoms with van der Waals surface area (Å²) in [6, 6.07) is 7.99. The summed E-state index contributed by atoms with van der Waals surface area (Å²) >= 11 is 1.73. The molecule has 0 aliphatic rings. The Morgan fingerprint density at radius 2 is 2.16 bits per heavy atom. The molecule has 5 heteroatoms. The minimum atomic E-state index is 0.616. The van der Waals surface area contributed by atoms with Crippen LogP contribution in [0.25, 0.3) is 0 Å². The molecule has 2 rings (SSSR count). The van der Waals surface area contributed by atoms with Crippen LogP contribution in [0.4, 0.5) is 0 Å². The molecule has 4 nitrogen and oxygen atoms in total. The Bertz CT molecular complexity index is 520. The van der Waals surface area contributed by atoms with Crippen molar-refractivity contribution >= 4 is 11.8 Å². The van der Waals surface area contributed by atoms with E-state index < -0.39 is 0 Å². The molecule has 1 heterocycles. The molecule has 0 aliphatic carbocycles. The van der Waals surface area contributed by atoms with Crippen LogP contribution in [0.1, 0.15) is 11.5 Å². The van der Waals surface area contributed by atoms with Crippen molar-refractivity contribution < 1.29 is 14.0 Å². The van der Waals surface area contributed by atoms with Crippen LogP contribution in [-0.4, -0.2) is 24.6 Å². The molecule has 0 amide bonds. The first-order chi connectivity index (χ1) is 9.20. The highest BCUT2D eigenvalue weighted by atomic mass is 32.2. The smallest absolute Gasteiger partial charge is 0.184 e. The maximum atomic E-state index is 5.68. The third-order valence-corrected chi connectivity index (χ3v) is 3.57. The zero-order valence-corrected chi connectivity index (χ0v) is 12.1. The second kappa shape index (κ2) is 6.52. The van der Waals surface area contributed by atoms with Crippen molar-refractivity contribution in [2.75, 3.05) is 19.5 Å². The molecule has 2 aromatic rings. The van der Waals surface area contributed by atoms with Crippen molar-refractivity contribution in [3.63, 3.8) is 0 Å². The molecule has 102 valence electrons. The highest BCUT2D eigenvalue weighted by Crippen LogP contribution is 2.24. The molecule has 0 saturated carbocycles. The van der Waals surface area contributed by atoms with E-state index in [1.165, 1.54) is 4.90 Å². The number of methoxy groups -OCH3 is 1. The monoisotopic (exact) mass is 279 g/mol. The van der Waals surface area contributed by atoms with Crippen molar-refractivity contribution in [1.29, 1.82) is 0 Å². The molecule has 0 radical (unpaired) electrons. The Morgan fingerprint density at radius 1 is 1.32 bits per heavy atom. The van der Waals surface area contributed by atoms with Crippen LogP contribution in [0.5, 0.6) is 11.5 Å². The Hall–Kier alpha value is -1.62. The molecule has 0 bridgehead atoms. The number of hydrogen-bond donors (Lipinski definition) is 0. The number of hydrogen-bond acceptors (Lipinski definition) is 5. The van der Waals surface area contributed by atoms with E-state index in [0.29, 0.717) is 6.61 Å². The lowest BCUT2D eigenvalue weighted by molar-refractivity contribution is 0.328. The van der Waals surface area contributed by atoms with Crippen molar-refractivity contribution in [3.8, 4) is 11.5 Å². The van der Waals surface area contributed by atoms with Gasteiger partial charge in [-0.05, 0) is 25.1 Å². The molecular weight excluding hydrogens is 262 g/mol. The number of nitrogens with zero attached hydrogens (tertiary/aromatic N) is 1. The quantitative estimate of drug-likeness (QED) is 0.598. The lowest BCUT2D eigenvalue weighted by atomic mass is 10.3. The average Bonchev–Trinajstić information content (AvgIpc) is 2.75. The lowest BCUT2D eigenvalue weighted by Gasteiger charge is -2.06. The SMILES string of the molecule is COc1cccc(SCCOc2c(C)noc2C)c1. The Labute approximate surface area is 117 Å². The van der Waals surface area contributed by atoms with Gasteiger partial charge in [-0.25, -0.2) is 0 Å². The summed E-state index contributed by atoms with van der Waals surface area (Å²) in [6.07, 6.45) is 0. The zero-order chi connectivity index (χ0) is 13.7. The van der Waals surface area contributed by atoms with Crippen LogP contribution in [0.15, 0.2) is 33.7 Å². The van der Waals surface area contributed by atoms with Gasteiger partial charge in [0.2, 0.25) is 0 Å². The fourth-order valence-electron chi connectivity index (χ4n) is 1.67. The van der Waals surface area contributed by atoms with Gasteiger partial charge in [0.25, 0.3) is 0 Å². The van der Waals surface area contributed by atoms with Crippen molar-refractivity contribution in [3.05, 3.63) is 35.7 Å². The summed E-state index contributed by atoms with van der Waals surface area (Å²) in [6.45, 7) is 4.34. The molecule has 1 aromatic heterocycles. The first-order valence-corrected chi connectivity index (χ1v) is 7.02. The van der Waals surface area contributed by atoms with E-state index in [9.17, 15) is 0 Å². The van der Waals surface area contributed by atoms with Gasteiger partial charge >= 0.3 is 0 Å². The standard InChI is InChI=1S/C14H17NO3S/c1-10-14(11(2)18-15-10)17-7-8-19-13-6-4-5-12(9-13)16-3/h4-6,9H,7-8H2,1-3H3. The van der Waals surface area contributed by atoms with E-state index >= 15 is 0 Å². The number of benzene rings is 1. The third-order valence-electron chi connectivity index (χ3n) is 2.61. The van der Waals surface area contributed by atoms with Gasteiger partial charge in [0, 0.05) is 17.6 Å². The van der Waals surface area contributed by atoms with Gasteiger partial charge in [0.05, 0.1) is 13.7 Å². The molecule has 0 saturated heterocycles. The molecule has 0 unspecified atom stereocenters. The molecule has 0 fully saturated rings. The Morgan fingerprint density at radius 3 is 2.84 bits per heavy atom. The highest BCUT2D eigenvalue weighted by Gasteiger charge is 2.09. The number of aryl methyl sites for hydroxylation is 2. The molecular formula is C14H17NO3S. The second-order valence-corrected chi connectivity index (χ2v) is 5.20. The normalized spacial score (nSPS) is 10.5. The van der Waals surface area contributed by atoms with Crippen LogP contribution in [0, 0.1) is 13.8 Å². The van der Waals surface area contributed by atoms with E-state index in [1.807, 2.05) is 32.0 Å². The molecule has 0 N–H and O–H groups in total.